The fourth-order valence-corrected chi connectivity index (χ4v) is 1.62. The van der Waals surface area contributed by atoms with E-state index in [4.69, 9.17) is 10.8 Å². The first-order chi connectivity index (χ1) is 6.11. The van der Waals surface area contributed by atoms with Crippen molar-refractivity contribution in [3.8, 4) is 0 Å². The number of rotatable bonds is 3. The molecule has 4 N–H and O–H groups in total. The van der Waals surface area contributed by atoms with E-state index in [2.05, 4.69) is 5.32 Å². The number of aliphatic carboxylic acids is 1. The number of nitrogens with two attached hydrogens (primary N) is 1. The third-order valence-corrected chi connectivity index (χ3v) is 2.30. The molecule has 1 heterocycles. The van der Waals surface area contributed by atoms with Gasteiger partial charge in [-0.3, -0.25) is 0 Å². The summed E-state index contributed by atoms with van der Waals surface area (Å²) in [7, 11) is 0. The molecule has 0 saturated heterocycles. The zero-order chi connectivity index (χ0) is 9.84. The summed E-state index contributed by atoms with van der Waals surface area (Å²) >= 11 is 1.25. The van der Waals surface area contributed by atoms with Gasteiger partial charge >= 0.3 is 12.0 Å². The van der Waals surface area contributed by atoms with Crippen LogP contribution in [-0.4, -0.2) is 17.1 Å². The molecule has 2 amide bonds. The quantitative estimate of drug-likeness (QED) is 0.664. The Bertz CT molecular complexity index is 310. The minimum atomic E-state index is -1.12. The van der Waals surface area contributed by atoms with E-state index in [9.17, 15) is 9.59 Å². The summed E-state index contributed by atoms with van der Waals surface area (Å²) in [5.74, 6) is -1.12. The van der Waals surface area contributed by atoms with Crippen molar-refractivity contribution in [1.82, 2.24) is 5.32 Å². The van der Waals surface area contributed by atoms with Crippen LogP contribution < -0.4 is 11.1 Å². The van der Waals surface area contributed by atoms with Crippen molar-refractivity contribution in [2.24, 2.45) is 5.73 Å². The van der Waals surface area contributed by atoms with Gasteiger partial charge in [-0.2, -0.15) is 0 Å². The van der Waals surface area contributed by atoms with Crippen molar-refractivity contribution < 1.29 is 14.7 Å². The Kier molecular flexibility index (Phi) is 2.86. The molecule has 1 unspecified atom stereocenters. The van der Waals surface area contributed by atoms with Gasteiger partial charge in [-0.1, -0.05) is 6.07 Å². The fraction of sp³-hybridized carbons (Fsp3) is 0.143. The van der Waals surface area contributed by atoms with Gasteiger partial charge in [0.2, 0.25) is 0 Å². The lowest BCUT2D eigenvalue weighted by Gasteiger charge is -2.09. The van der Waals surface area contributed by atoms with Crippen molar-refractivity contribution in [3.05, 3.63) is 22.4 Å². The molecule has 0 aliphatic carbocycles. The molecule has 1 atom stereocenters. The van der Waals surface area contributed by atoms with Crippen LogP contribution in [0.3, 0.4) is 0 Å². The van der Waals surface area contributed by atoms with Crippen LogP contribution in [0.25, 0.3) is 0 Å². The van der Waals surface area contributed by atoms with Crippen LogP contribution in [0.15, 0.2) is 17.5 Å². The number of primary amides is 1. The van der Waals surface area contributed by atoms with Crippen molar-refractivity contribution >= 4 is 23.3 Å². The molecule has 0 aliphatic rings. The van der Waals surface area contributed by atoms with Crippen molar-refractivity contribution in [2.75, 3.05) is 0 Å². The maximum absolute atomic E-state index is 10.7. The minimum Gasteiger partial charge on any atom is -0.479 e. The highest BCUT2D eigenvalue weighted by molar-refractivity contribution is 7.10. The Morgan fingerprint density at radius 2 is 2.31 bits per heavy atom. The van der Waals surface area contributed by atoms with E-state index >= 15 is 0 Å². The van der Waals surface area contributed by atoms with Gasteiger partial charge in [0.15, 0.2) is 6.04 Å². The molecular weight excluding hydrogens is 192 g/mol. The molecule has 0 aliphatic heterocycles. The third-order valence-electron chi connectivity index (χ3n) is 1.36. The van der Waals surface area contributed by atoms with Gasteiger partial charge in [-0.25, -0.2) is 9.59 Å². The molecule has 13 heavy (non-hydrogen) atoms. The Morgan fingerprint density at radius 3 is 2.69 bits per heavy atom. The second-order valence-corrected chi connectivity index (χ2v) is 3.27. The maximum Gasteiger partial charge on any atom is 0.331 e. The summed E-state index contributed by atoms with van der Waals surface area (Å²) in [6.45, 7) is 0. The number of hydrogen-bond acceptors (Lipinski definition) is 3. The highest BCUT2D eigenvalue weighted by Gasteiger charge is 2.21. The highest BCUT2D eigenvalue weighted by atomic mass is 32.1. The number of nitrogens with one attached hydrogen (secondary N) is 1. The fourth-order valence-electron chi connectivity index (χ4n) is 0.852. The summed E-state index contributed by atoms with van der Waals surface area (Å²) in [5.41, 5.74) is 4.83. The van der Waals surface area contributed by atoms with Gasteiger partial charge in [0.25, 0.3) is 0 Å². The first-order valence-electron chi connectivity index (χ1n) is 3.43. The van der Waals surface area contributed by atoms with Gasteiger partial charge < -0.3 is 16.2 Å². The average Bonchev–Trinajstić information content (AvgIpc) is 2.50. The smallest absolute Gasteiger partial charge is 0.331 e. The van der Waals surface area contributed by atoms with E-state index in [0.29, 0.717) is 4.88 Å². The summed E-state index contributed by atoms with van der Waals surface area (Å²) in [6, 6.07) is 1.44. The van der Waals surface area contributed by atoms with E-state index in [1.165, 1.54) is 11.3 Å². The number of carbonyl (C=O) groups is 2. The van der Waals surface area contributed by atoms with Crippen LogP contribution in [0, 0.1) is 0 Å². The first kappa shape index (κ1) is 9.53. The van der Waals surface area contributed by atoms with Crippen LogP contribution in [-0.2, 0) is 4.79 Å². The monoisotopic (exact) mass is 200 g/mol. The predicted molar refractivity (Wildman–Crippen MR) is 47.4 cm³/mol. The normalized spacial score (nSPS) is 12.0. The van der Waals surface area contributed by atoms with E-state index in [0.717, 1.165) is 0 Å². The molecule has 1 aromatic heterocycles. The first-order valence-corrected chi connectivity index (χ1v) is 4.31. The number of amides is 2. The molecule has 0 fully saturated rings. The third kappa shape index (κ3) is 2.45. The predicted octanol–water partition coefficient (Wildman–Crippen LogP) is 0.542. The lowest BCUT2D eigenvalue weighted by atomic mass is 10.2. The van der Waals surface area contributed by atoms with Crippen LogP contribution in [0.5, 0.6) is 0 Å². The molecular formula is C7H8N2O3S. The van der Waals surface area contributed by atoms with E-state index in [1.807, 2.05) is 0 Å². The van der Waals surface area contributed by atoms with Crippen LogP contribution in [0.2, 0.25) is 0 Å². The van der Waals surface area contributed by atoms with Gasteiger partial charge in [0.05, 0.1) is 0 Å². The number of carbonyl (C=O) groups excluding carboxylic acids is 1. The highest BCUT2D eigenvalue weighted by Crippen LogP contribution is 2.18. The number of thiophene rings is 1. The summed E-state index contributed by atoms with van der Waals surface area (Å²) < 4.78 is 0. The molecule has 0 radical (unpaired) electrons. The topological polar surface area (TPSA) is 92.4 Å². The van der Waals surface area contributed by atoms with E-state index < -0.39 is 18.0 Å². The maximum atomic E-state index is 10.7. The molecule has 5 nitrogen and oxygen atoms in total. The molecule has 0 saturated carbocycles. The Morgan fingerprint density at radius 1 is 1.62 bits per heavy atom. The Hall–Kier alpha value is -1.56. The van der Waals surface area contributed by atoms with E-state index in [-0.39, 0.29) is 0 Å². The van der Waals surface area contributed by atoms with Crippen LogP contribution in [0.1, 0.15) is 10.9 Å². The molecule has 0 bridgehead atoms. The van der Waals surface area contributed by atoms with Crippen molar-refractivity contribution in [1.29, 1.82) is 0 Å². The number of carboxylic acids is 1. The molecule has 0 aromatic carbocycles. The summed E-state index contributed by atoms with van der Waals surface area (Å²) in [6.07, 6.45) is 0. The van der Waals surface area contributed by atoms with Crippen LogP contribution >= 0.6 is 11.3 Å². The van der Waals surface area contributed by atoms with Gasteiger partial charge in [0, 0.05) is 4.88 Å². The number of carboxylic acid groups (broad SMARTS) is 1. The van der Waals surface area contributed by atoms with Gasteiger partial charge in [0.1, 0.15) is 0 Å². The standard InChI is InChI=1S/C7H8N2O3S/c8-7(12)9-5(6(10)11)4-2-1-3-13-4/h1-3,5H,(H,10,11)(H3,8,9,12). The second-order valence-electron chi connectivity index (χ2n) is 2.30. The van der Waals surface area contributed by atoms with Crippen molar-refractivity contribution in [2.45, 2.75) is 6.04 Å². The minimum absolute atomic E-state index is 0.548. The lowest BCUT2D eigenvalue weighted by Crippen LogP contribution is -2.36. The Balaban J connectivity index is 2.81. The lowest BCUT2D eigenvalue weighted by molar-refractivity contribution is -0.139. The van der Waals surface area contributed by atoms with Crippen LogP contribution in [0.4, 0.5) is 4.79 Å². The molecule has 1 aromatic rings. The zero-order valence-electron chi connectivity index (χ0n) is 6.56. The van der Waals surface area contributed by atoms with E-state index in [1.54, 1.807) is 17.5 Å². The Labute approximate surface area is 78.2 Å². The summed E-state index contributed by atoms with van der Waals surface area (Å²) in [4.78, 5) is 21.7. The zero-order valence-corrected chi connectivity index (χ0v) is 7.38. The molecule has 6 heteroatoms. The number of hydrogen-bond donors (Lipinski definition) is 3. The molecule has 70 valence electrons. The second kappa shape index (κ2) is 3.90. The largest absolute Gasteiger partial charge is 0.479 e. The SMILES string of the molecule is NC(=O)NC(C(=O)O)c1cccs1. The average molecular weight is 200 g/mol. The van der Waals surface area contributed by atoms with Gasteiger partial charge in [-0.05, 0) is 11.4 Å². The number of urea groups is 1. The molecule has 0 spiro atoms. The molecule has 1 rings (SSSR count). The van der Waals surface area contributed by atoms with Gasteiger partial charge in [-0.15, -0.1) is 11.3 Å². The van der Waals surface area contributed by atoms with Crippen molar-refractivity contribution in [3.63, 3.8) is 0 Å². The summed E-state index contributed by atoms with van der Waals surface area (Å²) in [5, 5.41) is 12.6.